The van der Waals surface area contributed by atoms with E-state index in [2.05, 4.69) is 10.3 Å². The summed E-state index contributed by atoms with van der Waals surface area (Å²) < 4.78 is 0. The molecule has 18 heavy (non-hydrogen) atoms. The molecule has 2 amide bonds. The lowest BCUT2D eigenvalue weighted by atomic mass is 10.1. The van der Waals surface area contributed by atoms with Gasteiger partial charge >= 0.3 is 0 Å². The van der Waals surface area contributed by atoms with Crippen molar-refractivity contribution in [3.63, 3.8) is 0 Å². The van der Waals surface area contributed by atoms with Gasteiger partial charge in [-0.1, -0.05) is 18.2 Å². The lowest BCUT2D eigenvalue weighted by molar-refractivity contribution is -0.117. The van der Waals surface area contributed by atoms with Gasteiger partial charge in [-0.3, -0.25) is 14.4 Å². The van der Waals surface area contributed by atoms with Crippen LogP contribution in [-0.4, -0.2) is 23.3 Å². The summed E-state index contributed by atoms with van der Waals surface area (Å²) in [6, 6.07) is 8.46. The van der Waals surface area contributed by atoms with E-state index >= 15 is 0 Å². The molecule has 2 aromatic rings. The van der Waals surface area contributed by atoms with Crippen molar-refractivity contribution >= 4 is 22.6 Å². The fourth-order valence-electron chi connectivity index (χ4n) is 1.60. The number of nitrogens with one attached hydrogen (secondary N) is 2. The molecule has 0 radical (unpaired) electrons. The minimum Gasteiger partial charge on any atom is -0.368 e. The van der Waals surface area contributed by atoms with Gasteiger partial charge in [-0.25, -0.2) is 0 Å². The van der Waals surface area contributed by atoms with Gasteiger partial charge in [0, 0.05) is 5.39 Å². The normalized spacial score (nSPS) is 10.2. The molecule has 4 N–H and O–H groups in total. The molecule has 6 heteroatoms. The Morgan fingerprint density at radius 1 is 1.28 bits per heavy atom. The highest BCUT2D eigenvalue weighted by atomic mass is 16.2. The Labute approximate surface area is 102 Å². The zero-order chi connectivity index (χ0) is 13.1. The van der Waals surface area contributed by atoms with Gasteiger partial charge < -0.3 is 16.0 Å². The number of hydrogen-bond donors (Lipinski definition) is 3. The molecule has 1 heterocycles. The number of hydrogen-bond acceptors (Lipinski definition) is 3. The third-order valence-electron chi connectivity index (χ3n) is 2.42. The number of amides is 2. The molecule has 0 bridgehead atoms. The number of primary amides is 1. The Morgan fingerprint density at radius 2 is 2.00 bits per heavy atom. The molecular weight excluding hydrogens is 234 g/mol. The van der Waals surface area contributed by atoms with Crippen LogP contribution < -0.4 is 16.6 Å². The van der Waals surface area contributed by atoms with E-state index in [9.17, 15) is 14.4 Å². The van der Waals surface area contributed by atoms with Gasteiger partial charge in [0.15, 0.2) is 0 Å². The predicted molar refractivity (Wildman–Crippen MR) is 66.1 cm³/mol. The van der Waals surface area contributed by atoms with Crippen molar-refractivity contribution < 1.29 is 9.59 Å². The molecule has 0 spiro atoms. The van der Waals surface area contributed by atoms with E-state index in [1.807, 2.05) is 0 Å². The first-order chi connectivity index (χ1) is 8.58. The standard InChI is InChI=1S/C12H11N3O3/c13-10(16)6-14-12(18)9-5-7-3-1-2-4-8(7)11(17)15-9/h1-5H,6H2,(H2,13,16)(H,14,18)(H,15,17). The van der Waals surface area contributed by atoms with Crippen molar-refractivity contribution in [3.05, 3.63) is 46.4 Å². The Bertz CT molecular complexity index is 676. The average molecular weight is 245 g/mol. The molecule has 0 fully saturated rings. The van der Waals surface area contributed by atoms with E-state index in [0.29, 0.717) is 10.8 Å². The Balaban J connectivity index is 2.37. The molecule has 1 aromatic carbocycles. The van der Waals surface area contributed by atoms with Gasteiger partial charge in [-0.05, 0) is 17.5 Å². The van der Waals surface area contributed by atoms with Crippen LogP contribution in [0.15, 0.2) is 35.1 Å². The van der Waals surface area contributed by atoms with E-state index in [4.69, 9.17) is 5.73 Å². The molecule has 0 aliphatic rings. The van der Waals surface area contributed by atoms with Crippen molar-refractivity contribution in [1.29, 1.82) is 0 Å². The summed E-state index contributed by atoms with van der Waals surface area (Å²) in [6.45, 7) is -0.270. The van der Waals surface area contributed by atoms with Gasteiger partial charge in [-0.15, -0.1) is 0 Å². The number of fused-ring (bicyclic) bond motifs is 1. The largest absolute Gasteiger partial charge is 0.368 e. The Kier molecular flexibility index (Phi) is 3.09. The van der Waals surface area contributed by atoms with E-state index in [-0.39, 0.29) is 17.8 Å². The maximum absolute atomic E-state index is 11.7. The number of carbonyl (C=O) groups is 2. The number of carbonyl (C=O) groups excluding carboxylic acids is 2. The highest BCUT2D eigenvalue weighted by Crippen LogP contribution is 2.09. The summed E-state index contributed by atoms with van der Waals surface area (Å²) in [5.74, 6) is -1.19. The van der Waals surface area contributed by atoms with Crippen LogP contribution in [0.3, 0.4) is 0 Å². The molecule has 1 aromatic heterocycles. The number of pyridine rings is 1. The van der Waals surface area contributed by atoms with E-state index in [0.717, 1.165) is 0 Å². The van der Waals surface area contributed by atoms with E-state index in [1.54, 1.807) is 30.3 Å². The maximum atomic E-state index is 11.7. The molecule has 0 aliphatic carbocycles. The topological polar surface area (TPSA) is 105 Å². The molecule has 2 rings (SSSR count). The number of H-pyrrole nitrogens is 1. The second kappa shape index (κ2) is 4.70. The zero-order valence-electron chi connectivity index (χ0n) is 9.40. The van der Waals surface area contributed by atoms with Gasteiger partial charge in [0.1, 0.15) is 5.69 Å². The van der Waals surface area contributed by atoms with Gasteiger partial charge in [0.25, 0.3) is 11.5 Å². The summed E-state index contributed by atoms with van der Waals surface area (Å²) in [4.78, 5) is 36.4. The smallest absolute Gasteiger partial charge is 0.268 e. The SMILES string of the molecule is NC(=O)CNC(=O)c1cc2ccccc2c(=O)[nH]1. The summed E-state index contributed by atoms with van der Waals surface area (Å²) in [6.07, 6.45) is 0. The molecule has 0 atom stereocenters. The first-order valence-electron chi connectivity index (χ1n) is 5.26. The van der Waals surface area contributed by atoms with Gasteiger partial charge in [0.05, 0.1) is 6.54 Å². The molecule has 0 unspecified atom stereocenters. The van der Waals surface area contributed by atoms with Crippen molar-refractivity contribution in [1.82, 2.24) is 10.3 Å². The van der Waals surface area contributed by atoms with Crippen LogP contribution in [0, 0.1) is 0 Å². The molecule has 6 nitrogen and oxygen atoms in total. The van der Waals surface area contributed by atoms with Crippen LogP contribution in [0.1, 0.15) is 10.5 Å². The Hall–Kier alpha value is -2.63. The summed E-state index contributed by atoms with van der Waals surface area (Å²) in [5, 5.41) is 3.47. The fourth-order valence-corrected chi connectivity index (χ4v) is 1.60. The van der Waals surface area contributed by atoms with Crippen LogP contribution in [0.25, 0.3) is 10.8 Å². The zero-order valence-corrected chi connectivity index (χ0v) is 9.40. The van der Waals surface area contributed by atoms with Crippen LogP contribution >= 0.6 is 0 Å². The minimum atomic E-state index is -0.647. The van der Waals surface area contributed by atoms with Crippen LogP contribution in [-0.2, 0) is 4.79 Å². The number of aromatic amines is 1. The van der Waals surface area contributed by atoms with Crippen LogP contribution in [0.5, 0.6) is 0 Å². The molecular formula is C12H11N3O3. The van der Waals surface area contributed by atoms with Crippen LogP contribution in [0.2, 0.25) is 0 Å². The first kappa shape index (κ1) is 11.8. The number of benzene rings is 1. The summed E-state index contributed by atoms with van der Waals surface area (Å²) in [7, 11) is 0. The molecule has 0 saturated heterocycles. The van der Waals surface area contributed by atoms with Gasteiger partial charge in [-0.2, -0.15) is 0 Å². The first-order valence-corrected chi connectivity index (χ1v) is 5.26. The van der Waals surface area contributed by atoms with E-state index < -0.39 is 11.8 Å². The molecule has 92 valence electrons. The highest BCUT2D eigenvalue weighted by Gasteiger charge is 2.09. The third-order valence-corrected chi connectivity index (χ3v) is 2.42. The van der Waals surface area contributed by atoms with E-state index in [1.165, 1.54) is 0 Å². The quantitative estimate of drug-likeness (QED) is 0.693. The van der Waals surface area contributed by atoms with Crippen molar-refractivity contribution in [2.24, 2.45) is 5.73 Å². The number of aromatic nitrogens is 1. The monoisotopic (exact) mass is 245 g/mol. The highest BCUT2D eigenvalue weighted by molar-refractivity contribution is 5.97. The van der Waals surface area contributed by atoms with Gasteiger partial charge in [0.2, 0.25) is 5.91 Å². The average Bonchev–Trinajstić information content (AvgIpc) is 2.36. The fraction of sp³-hybridized carbons (Fsp3) is 0.0833. The lowest BCUT2D eigenvalue weighted by Crippen LogP contribution is -2.34. The molecule has 0 saturated carbocycles. The summed E-state index contributed by atoms with van der Waals surface area (Å²) in [5.41, 5.74) is 4.66. The van der Waals surface area contributed by atoms with Crippen molar-refractivity contribution in [3.8, 4) is 0 Å². The summed E-state index contributed by atoms with van der Waals surface area (Å²) >= 11 is 0. The molecule has 0 aliphatic heterocycles. The second-order valence-corrected chi connectivity index (χ2v) is 3.75. The van der Waals surface area contributed by atoms with Crippen molar-refractivity contribution in [2.45, 2.75) is 0 Å². The van der Waals surface area contributed by atoms with Crippen molar-refractivity contribution in [2.75, 3.05) is 6.54 Å². The third kappa shape index (κ3) is 2.37. The lowest BCUT2D eigenvalue weighted by Gasteiger charge is -2.04. The number of nitrogens with two attached hydrogens (primary N) is 1. The Morgan fingerprint density at radius 3 is 2.72 bits per heavy atom. The minimum absolute atomic E-state index is 0.0972. The predicted octanol–water partition coefficient (Wildman–Crippen LogP) is -0.257. The maximum Gasteiger partial charge on any atom is 0.268 e. The second-order valence-electron chi connectivity index (χ2n) is 3.75. The number of rotatable bonds is 3. The van der Waals surface area contributed by atoms with Crippen LogP contribution in [0.4, 0.5) is 0 Å².